The lowest BCUT2D eigenvalue weighted by Gasteiger charge is -2.17. The quantitative estimate of drug-likeness (QED) is 0.663. The summed E-state index contributed by atoms with van der Waals surface area (Å²) in [5.41, 5.74) is 1.07. The Morgan fingerprint density at radius 3 is 2.52 bits per heavy atom. The van der Waals surface area contributed by atoms with E-state index in [0.717, 1.165) is 20.5 Å². The van der Waals surface area contributed by atoms with Crippen LogP contribution in [0, 0.1) is 0 Å². The third-order valence-electron chi connectivity index (χ3n) is 3.30. The van der Waals surface area contributed by atoms with Crippen molar-refractivity contribution in [2.45, 2.75) is 19.4 Å². The standard InChI is InChI=1S/C16H14BrN3O2S/c1-16(2,22)10-5-3-9(4-6-10)13(21)20-15-18-11-7-8-12(17)19-14(11)23-15/h3-8,22H,1-2H3,(H,18,20,21). The maximum atomic E-state index is 12.3. The first kappa shape index (κ1) is 16.0. The van der Waals surface area contributed by atoms with Crippen molar-refractivity contribution >= 4 is 48.7 Å². The highest BCUT2D eigenvalue weighted by atomic mass is 79.9. The summed E-state index contributed by atoms with van der Waals surface area (Å²) in [6.07, 6.45) is 0. The summed E-state index contributed by atoms with van der Waals surface area (Å²) in [7, 11) is 0. The Labute approximate surface area is 145 Å². The minimum Gasteiger partial charge on any atom is -0.386 e. The smallest absolute Gasteiger partial charge is 0.257 e. The average Bonchev–Trinajstić information content (AvgIpc) is 2.87. The number of thiazole rings is 1. The number of carbonyl (C=O) groups is 1. The van der Waals surface area contributed by atoms with E-state index < -0.39 is 5.60 Å². The van der Waals surface area contributed by atoms with Gasteiger partial charge in [0.15, 0.2) is 5.13 Å². The summed E-state index contributed by atoms with van der Waals surface area (Å²) >= 11 is 4.63. The highest BCUT2D eigenvalue weighted by Crippen LogP contribution is 2.26. The number of hydrogen-bond acceptors (Lipinski definition) is 5. The van der Waals surface area contributed by atoms with E-state index in [-0.39, 0.29) is 5.91 Å². The van der Waals surface area contributed by atoms with Gasteiger partial charge in [0, 0.05) is 5.56 Å². The number of anilines is 1. The van der Waals surface area contributed by atoms with Gasteiger partial charge in [-0.3, -0.25) is 10.1 Å². The van der Waals surface area contributed by atoms with E-state index in [4.69, 9.17) is 0 Å². The van der Waals surface area contributed by atoms with Gasteiger partial charge in [0.05, 0.1) is 5.60 Å². The highest BCUT2D eigenvalue weighted by Gasteiger charge is 2.17. The van der Waals surface area contributed by atoms with E-state index in [1.54, 1.807) is 38.1 Å². The molecular formula is C16H14BrN3O2S. The maximum absolute atomic E-state index is 12.3. The van der Waals surface area contributed by atoms with Crippen molar-refractivity contribution in [3.05, 3.63) is 52.1 Å². The summed E-state index contributed by atoms with van der Waals surface area (Å²) in [5, 5.41) is 13.2. The Morgan fingerprint density at radius 2 is 1.87 bits per heavy atom. The summed E-state index contributed by atoms with van der Waals surface area (Å²) < 4.78 is 0.730. The van der Waals surface area contributed by atoms with Gasteiger partial charge in [-0.1, -0.05) is 23.5 Å². The van der Waals surface area contributed by atoms with Gasteiger partial charge in [-0.05, 0) is 59.6 Å². The molecule has 0 radical (unpaired) electrons. The molecule has 0 unspecified atom stereocenters. The minimum atomic E-state index is -0.929. The van der Waals surface area contributed by atoms with Crippen LogP contribution in [0.15, 0.2) is 41.0 Å². The molecule has 2 aromatic heterocycles. The molecule has 2 N–H and O–H groups in total. The molecule has 0 spiro atoms. The van der Waals surface area contributed by atoms with Crippen LogP contribution < -0.4 is 5.32 Å². The fourth-order valence-electron chi connectivity index (χ4n) is 2.05. The molecule has 5 nitrogen and oxygen atoms in total. The zero-order chi connectivity index (χ0) is 16.6. The number of fused-ring (bicyclic) bond motifs is 1. The van der Waals surface area contributed by atoms with Gasteiger partial charge in [-0.25, -0.2) is 9.97 Å². The van der Waals surface area contributed by atoms with Crippen molar-refractivity contribution in [1.29, 1.82) is 0 Å². The fourth-order valence-corrected chi connectivity index (χ4v) is 3.31. The SMILES string of the molecule is CC(C)(O)c1ccc(C(=O)Nc2nc3ccc(Br)nc3s2)cc1. The van der Waals surface area contributed by atoms with Crippen molar-refractivity contribution in [3.8, 4) is 0 Å². The number of nitrogens with one attached hydrogen (secondary N) is 1. The monoisotopic (exact) mass is 391 g/mol. The van der Waals surface area contributed by atoms with Crippen LogP contribution in [-0.2, 0) is 5.60 Å². The number of nitrogens with zero attached hydrogens (tertiary/aromatic N) is 2. The Kier molecular flexibility index (Phi) is 4.18. The molecule has 0 atom stereocenters. The van der Waals surface area contributed by atoms with Gasteiger partial charge in [-0.15, -0.1) is 0 Å². The average molecular weight is 392 g/mol. The van der Waals surface area contributed by atoms with Gasteiger partial charge >= 0.3 is 0 Å². The first-order valence-corrected chi connectivity index (χ1v) is 8.51. The molecule has 118 valence electrons. The predicted molar refractivity (Wildman–Crippen MR) is 94.8 cm³/mol. The molecule has 7 heteroatoms. The zero-order valence-electron chi connectivity index (χ0n) is 12.5. The minimum absolute atomic E-state index is 0.245. The molecule has 0 saturated carbocycles. The van der Waals surface area contributed by atoms with Crippen molar-refractivity contribution in [3.63, 3.8) is 0 Å². The zero-order valence-corrected chi connectivity index (χ0v) is 14.9. The molecule has 0 bridgehead atoms. The van der Waals surface area contributed by atoms with Gasteiger partial charge < -0.3 is 5.11 Å². The first-order chi connectivity index (χ1) is 10.8. The molecule has 0 aliphatic rings. The topological polar surface area (TPSA) is 75.1 Å². The lowest BCUT2D eigenvalue weighted by molar-refractivity contribution is 0.0785. The van der Waals surface area contributed by atoms with E-state index in [2.05, 4.69) is 31.2 Å². The summed E-state index contributed by atoms with van der Waals surface area (Å²) in [5.74, 6) is -0.245. The van der Waals surface area contributed by atoms with Crippen LogP contribution in [-0.4, -0.2) is 21.0 Å². The normalized spacial score (nSPS) is 11.7. The largest absolute Gasteiger partial charge is 0.386 e. The number of halogens is 1. The van der Waals surface area contributed by atoms with E-state index >= 15 is 0 Å². The van der Waals surface area contributed by atoms with E-state index in [1.165, 1.54) is 11.3 Å². The molecule has 3 aromatic rings. The third kappa shape index (κ3) is 3.57. The molecule has 0 saturated heterocycles. The number of rotatable bonds is 3. The third-order valence-corrected chi connectivity index (χ3v) is 4.62. The van der Waals surface area contributed by atoms with Gasteiger partial charge in [0.2, 0.25) is 0 Å². The Balaban J connectivity index is 1.80. The number of benzene rings is 1. The summed E-state index contributed by atoms with van der Waals surface area (Å²) in [6, 6.07) is 10.5. The van der Waals surface area contributed by atoms with Crippen molar-refractivity contribution in [2.24, 2.45) is 0 Å². The molecule has 1 aromatic carbocycles. The first-order valence-electron chi connectivity index (χ1n) is 6.90. The van der Waals surface area contributed by atoms with Crippen LogP contribution in [0.4, 0.5) is 5.13 Å². The Morgan fingerprint density at radius 1 is 1.17 bits per heavy atom. The molecule has 23 heavy (non-hydrogen) atoms. The van der Waals surface area contributed by atoms with E-state index in [0.29, 0.717) is 10.7 Å². The predicted octanol–water partition coefficient (Wildman–Crippen LogP) is 3.93. The van der Waals surface area contributed by atoms with Crippen molar-refractivity contribution in [2.75, 3.05) is 5.32 Å². The van der Waals surface area contributed by atoms with E-state index in [1.807, 2.05) is 12.1 Å². The van der Waals surface area contributed by atoms with Crippen LogP contribution in [0.2, 0.25) is 0 Å². The van der Waals surface area contributed by atoms with Crippen LogP contribution in [0.5, 0.6) is 0 Å². The number of amides is 1. The summed E-state index contributed by atoms with van der Waals surface area (Å²) in [6.45, 7) is 3.41. The second-order valence-electron chi connectivity index (χ2n) is 5.57. The molecule has 0 fully saturated rings. The van der Waals surface area contributed by atoms with Crippen LogP contribution in [0.25, 0.3) is 10.3 Å². The van der Waals surface area contributed by atoms with Crippen molar-refractivity contribution < 1.29 is 9.90 Å². The second kappa shape index (κ2) is 5.99. The maximum Gasteiger partial charge on any atom is 0.257 e. The highest BCUT2D eigenvalue weighted by molar-refractivity contribution is 9.10. The lowest BCUT2D eigenvalue weighted by atomic mass is 9.97. The van der Waals surface area contributed by atoms with Gasteiger partial charge in [-0.2, -0.15) is 0 Å². The van der Waals surface area contributed by atoms with Crippen molar-refractivity contribution in [1.82, 2.24) is 9.97 Å². The Hall–Kier alpha value is -1.83. The van der Waals surface area contributed by atoms with Gasteiger partial charge in [0.25, 0.3) is 5.91 Å². The lowest BCUT2D eigenvalue weighted by Crippen LogP contribution is -2.16. The fraction of sp³-hybridized carbons (Fsp3) is 0.188. The van der Waals surface area contributed by atoms with E-state index in [9.17, 15) is 9.90 Å². The molecule has 2 heterocycles. The van der Waals surface area contributed by atoms with Crippen LogP contribution in [0.3, 0.4) is 0 Å². The molecule has 1 amide bonds. The number of pyridine rings is 1. The molecule has 0 aliphatic heterocycles. The number of aromatic nitrogens is 2. The Bertz CT molecular complexity index is 869. The number of carbonyl (C=O) groups excluding carboxylic acids is 1. The molecular weight excluding hydrogens is 378 g/mol. The second-order valence-corrected chi connectivity index (χ2v) is 7.36. The molecule has 0 aliphatic carbocycles. The number of hydrogen-bond donors (Lipinski definition) is 2. The van der Waals surface area contributed by atoms with Crippen LogP contribution in [0.1, 0.15) is 29.8 Å². The molecule has 3 rings (SSSR count). The number of aliphatic hydroxyl groups is 1. The van der Waals surface area contributed by atoms with Crippen LogP contribution >= 0.6 is 27.3 Å². The van der Waals surface area contributed by atoms with Gasteiger partial charge in [0.1, 0.15) is 15.0 Å². The summed E-state index contributed by atoms with van der Waals surface area (Å²) in [4.78, 5) is 21.7.